The number of nitrogens with one attached hydrogen (secondary N) is 1. The number of rotatable bonds is 9. The second-order valence-electron chi connectivity index (χ2n) is 7.10. The maximum Gasteiger partial charge on any atom is 0.242 e. The molecule has 160 valence electrons. The number of ether oxygens (including phenoxy) is 3. The van der Waals surface area contributed by atoms with Crippen LogP contribution in [0, 0.1) is 0 Å². The molecular formula is C23H28N2O5. The third-order valence-corrected chi connectivity index (χ3v) is 5.21. The molecule has 0 aromatic heterocycles. The molecule has 3 rings (SSSR count). The van der Waals surface area contributed by atoms with E-state index in [1.165, 1.54) is 0 Å². The van der Waals surface area contributed by atoms with Crippen LogP contribution in [0.15, 0.2) is 42.5 Å². The molecule has 0 aliphatic carbocycles. The van der Waals surface area contributed by atoms with Crippen LogP contribution in [0.2, 0.25) is 0 Å². The molecule has 0 saturated heterocycles. The average molecular weight is 412 g/mol. The van der Waals surface area contributed by atoms with Gasteiger partial charge in [0, 0.05) is 20.0 Å². The minimum atomic E-state index is -0.527. The molecule has 1 atom stereocenters. The van der Waals surface area contributed by atoms with Crippen molar-refractivity contribution in [3.05, 3.63) is 53.6 Å². The molecule has 0 unspecified atom stereocenters. The number of aryl methyl sites for hydroxylation is 1. The Bertz CT molecular complexity index is 882. The lowest BCUT2D eigenvalue weighted by atomic mass is 10.1. The lowest BCUT2D eigenvalue weighted by Crippen LogP contribution is -2.48. The Morgan fingerprint density at radius 3 is 2.47 bits per heavy atom. The highest BCUT2D eigenvalue weighted by molar-refractivity contribution is 5.87. The first-order valence-corrected chi connectivity index (χ1v) is 10.1. The number of benzene rings is 2. The number of carbonyl (C=O) groups excluding carboxylic acids is 2. The van der Waals surface area contributed by atoms with E-state index in [0.717, 1.165) is 22.6 Å². The van der Waals surface area contributed by atoms with Crippen LogP contribution in [0.1, 0.15) is 30.9 Å². The van der Waals surface area contributed by atoms with E-state index >= 15 is 0 Å². The molecule has 1 aliphatic heterocycles. The van der Waals surface area contributed by atoms with Crippen LogP contribution in [-0.4, -0.2) is 43.7 Å². The minimum Gasteiger partial charge on any atom is -0.497 e. The number of nitrogens with zero attached hydrogens (tertiary/aromatic N) is 1. The highest BCUT2D eigenvalue weighted by Crippen LogP contribution is 2.32. The Morgan fingerprint density at radius 1 is 1.10 bits per heavy atom. The summed E-state index contributed by atoms with van der Waals surface area (Å²) in [6.45, 7) is 2.49. The minimum absolute atomic E-state index is 0.0704. The van der Waals surface area contributed by atoms with Gasteiger partial charge in [0.25, 0.3) is 0 Å². The molecule has 7 nitrogen and oxygen atoms in total. The molecule has 30 heavy (non-hydrogen) atoms. The van der Waals surface area contributed by atoms with Crippen molar-refractivity contribution in [2.45, 2.75) is 38.8 Å². The molecule has 0 saturated carbocycles. The monoisotopic (exact) mass is 412 g/mol. The van der Waals surface area contributed by atoms with Gasteiger partial charge in [-0.05, 0) is 48.2 Å². The van der Waals surface area contributed by atoms with E-state index in [2.05, 4.69) is 5.32 Å². The van der Waals surface area contributed by atoms with Gasteiger partial charge in [0.05, 0.1) is 7.11 Å². The largest absolute Gasteiger partial charge is 0.497 e. The van der Waals surface area contributed by atoms with Crippen LogP contribution >= 0.6 is 0 Å². The number of methoxy groups -OCH3 is 1. The first kappa shape index (κ1) is 21.5. The summed E-state index contributed by atoms with van der Waals surface area (Å²) in [6.07, 6.45) is 1.38. The van der Waals surface area contributed by atoms with E-state index in [-0.39, 0.29) is 18.6 Å². The smallest absolute Gasteiger partial charge is 0.242 e. The van der Waals surface area contributed by atoms with E-state index in [1.807, 2.05) is 49.4 Å². The molecule has 1 heterocycles. The van der Waals surface area contributed by atoms with Gasteiger partial charge in [0.15, 0.2) is 11.5 Å². The maximum atomic E-state index is 13.2. The molecule has 2 amide bonds. The zero-order valence-electron chi connectivity index (χ0n) is 17.6. The first-order valence-electron chi connectivity index (χ1n) is 10.1. The number of amides is 2. The number of carbonyl (C=O) groups is 2. The molecule has 1 N–H and O–H groups in total. The number of hydrogen-bond acceptors (Lipinski definition) is 5. The van der Waals surface area contributed by atoms with Crippen LogP contribution < -0.4 is 19.5 Å². The summed E-state index contributed by atoms with van der Waals surface area (Å²) in [4.78, 5) is 27.3. The van der Waals surface area contributed by atoms with Crippen molar-refractivity contribution in [1.29, 1.82) is 0 Å². The molecule has 0 fully saturated rings. The Balaban J connectivity index is 1.73. The molecule has 0 bridgehead atoms. The first-order chi connectivity index (χ1) is 14.5. The van der Waals surface area contributed by atoms with Gasteiger partial charge in [-0.2, -0.15) is 0 Å². The maximum absolute atomic E-state index is 13.2. The predicted octanol–water partition coefficient (Wildman–Crippen LogP) is 2.91. The second kappa shape index (κ2) is 10.0. The van der Waals surface area contributed by atoms with Crippen LogP contribution in [0.3, 0.4) is 0 Å². The van der Waals surface area contributed by atoms with Crippen LogP contribution in [-0.2, 0) is 22.6 Å². The van der Waals surface area contributed by atoms with Crippen LogP contribution in [0.5, 0.6) is 17.2 Å². The van der Waals surface area contributed by atoms with Gasteiger partial charge in [0.2, 0.25) is 18.6 Å². The van der Waals surface area contributed by atoms with Gasteiger partial charge < -0.3 is 24.4 Å². The van der Waals surface area contributed by atoms with Crippen molar-refractivity contribution in [1.82, 2.24) is 10.2 Å². The Morgan fingerprint density at radius 2 is 1.80 bits per heavy atom. The molecule has 2 aromatic carbocycles. The zero-order chi connectivity index (χ0) is 21.5. The SMILES string of the molecule is CC[C@H](C(=O)NC)N(Cc1ccc(OC)cc1)C(=O)CCc1ccc2c(c1)OCO2. The van der Waals surface area contributed by atoms with Crippen molar-refractivity contribution in [3.63, 3.8) is 0 Å². The Labute approximate surface area is 176 Å². The summed E-state index contributed by atoms with van der Waals surface area (Å²) in [5.74, 6) is 1.93. The molecule has 0 spiro atoms. The zero-order valence-corrected chi connectivity index (χ0v) is 17.6. The van der Waals surface area contributed by atoms with Crippen molar-refractivity contribution in [3.8, 4) is 17.2 Å². The summed E-state index contributed by atoms with van der Waals surface area (Å²) in [5.41, 5.74) is 1.93. The fourth-order valence-electron chi connectivity index (χ4n) is 3.51. The van der Waals surface area contributed by atoms with Crippen LogP contribution in [0.25, 0.3) is 0 Å². The summed E-state index contributed by atoms with van der Waals surface area (Å²) in [6, 6.07) is 12.7. The van der Waals surface area contributed by atoms with Gasteiger partial charge in [-0.25, -0.2) is 0 Å². The Hall–Kier alpha value is -3.22. The fraction of sp³-hybridized carbons (Fsp3) is 0.391. The van der Waals surface area contributed by atoms with Gasteiger partial charge in [0.1, 0.15) is 11.8 Å². The van der Waals surface area contributed by atoms with Gasteiger partial charge >= 0.3 is 0 Å². The van der Waals surface area contributed by atoms with Crippen molar-refractivity contribution >= 4 is 11.8 Å². The average Bonchev–Trinajstić information content (AvgIpc) is 3.25. The quantitative estimate of drug-likeness (QED) is 0.685. The summed E-state index contributed by atoms with van der Waals surface area (Å²) in [5, 5.41) is 2.67. The van der Waals surface area contributed by atoms with E-state index in [9.17, 15) is 9.59 Å². The molecule has 7 heteroatoms. The number of likely N-dealkylation sites (N-methyl/N-ethyl adjacent to an activating group) is 1. The van der Waals surface area contributed by atoms with Gasteiger partial charge in [-0.1, -0.05) is 25.1 Å². The highest BCUT2D eigenvalue weighted by atomic mass is 16.7. The fourth-order valence-corrected chi connectivity index (χ4v) is 3.51. The topological polar surface area (TPSA) is 77.1 Å². The van der Waals surface area contributed by atoms with Gasteiger partial charge in [-0.3, -0.25) is 9.59 Å². The summed E-state index contributed by atoms with van der Waals surface area (Å²) in [7, 11) is 3.20. The summed E-state index contributed by atoms with van der Waals surface area (Å²) >= 11 is 0. The lowest BCUT2D eigenvalue weighted by molar-refractivity contribution is -0.141. The van der Waals surface area contributed by atoms with Crippen molar-refractivity contribution in [2.75, 3.05) is 21.0 Å². The predicted molar refractivity (Wildman–Crippen MR) is 113 cm³/mol. The molecule has 0 radical (unpaired) electrons. The molecular weight excluding hydrogens is 384 g/mol. The third-order valence-electron chi connectivity index (χ3n) is 5.21. The van der Waals surface area contributed by atoms with Gasteiger partial charge in [-0.15, -0.1) is 0 Å². The molecule has 2 aromatic rings. The Kier molecular flexibility index (Phi) is 7.17. The number of hydrogen-bond donors (Lipinski definition) is 1. The highest BCUT2D eigenvalue weighted by Gasteiger charge is 2.27. The van der Waals surface area contributed by atoms with E-state index in [1.54, 1.807) is 19.1 Å². The van der Waals surface area contributed by atoms with E-state index in [4.69, 9.17) is 14.2 Å². The van der Waals surface area contributed by atoms with Crippen LogP contribution in [0.4, 0.5) is 0 Å². The second-order valence-corrected chi connectivity index (χ2v) is 7.10. The lowest BCUT2D eigenvalue weighted by Gasteiger charge is -2.30. The standard InChI is InChI=1S/C23H28N2O5/c1-4-19(23(27)24-2)25(14-17-5-9-18(28-3)10-6-17)22(26)12-8-16-7-11-20-21(13-16)30-15-29-20/h5-7,9-11,13,19H,4,8,12,14-15H2,1-3H3,(H,24,27)/t19-/m1/s1. The normalized spacial score (nSPS) is 12.9. The van der Waals surface area contributed by atoms with E-state index < -0.39 is 6.04 Å². The van der Waals surface area contributed by atoms with Crippen molar-refractivity contribution < 1.29 is 23.8 Å². The summed E-state index contributed by atoms with van der Waals surface area (Å²) < 4.78 is 15.9. The number of fused-ring (bicyclic) bond motifs is 1. The van der Waals surface area contributed by atoms with Crippen molar-refractivity contribution in [2.24, 2.45) is 0 Å². The molecule has 1 aliphatic rings. The third kappa shape index (κ3) is 5.03. The van der Waals surface area contributed by atoms with E-state index in [0.29, 0.717) is 31.6 Å².